The van der Waals surface area contributed by atoms with Gasteiger partial charge in [-0.05, 0) is 0 Å². The van der Waals surface area contributed by atoms with Crippen LogP contribution in [0.5, 0.6) is 0 Å². The van der Waals surface area contributed by atoms with Crippen LogP contribution in [0.3, 0.4) is 0 Å². The average Bonchev–Trinajstić information content (AvgIpc) is 1.81. The molecule has 0 aliphatic heterocycles. The number of nitrogens with one attached hydrogen (secondary N) is 1. The molecule has 2 N–H and O–H groups in total. The SMILES string of the molecule is CC(=O)NC(C[S])C(=O)O. The van der Waals surface area contributed by atoms with Gasteiger partial charge in [0, 0.05) is 12.7 Å². The Bertz CT molecular complexity index is 148. The molecule has 1 radical (unpaired) electrons. The van der Waals surface area contributed by atoms with E-state index in [9.17, 15) is 9.59 Å². The summed E-state index contributed by atoms with van der Waals surface area (Å²) in [6, 6.07) is -0.924. The molecular formula is C5H8NO3S. The summed E-state index contributed by atoms with van der Waals surface area (Å²) >= 11 is 4.47. The molecule has 0 aliphatic rings. The van der Waals surface area contributed by atoms with E-state index in [1.54, 1.807) is 0 Å². The lowest BCUT2D eigenvalue weighted by atomic mass is 10.3. The minimum Gasteiger partial charge on any atom is -0.480 e. The lowest BCUT2D eigenvalue weighted by Crippen LogP contribution is -2.40. The van der Waals surface area contributed by atoms with E-state index in [1.807, 2.05) is 0 Å². The topological polar surface area (TPSA) is 66.4 Å². The summed E-state index contributed by atoms with van der Waals surface area (Å²) in [6.07, 6.45) is 0. The fourth-order valence-electron chi connectivity index (χ4n) is 0.420. The normalized spacial score (nSPS) is 12.2. The maximum Gasteiger partial charge on any atom is 0.327 e. The lowest BCUT2D eigenvalue weighted by Gasteiger charge is -2.07. The zero-order valence-corrected chi connectivity index (χ0v) is 6.27. The summed E-state index contributed by atoms with van der Waals surface area (Å²) < 4.78 is 0. The smallest absolute Gasteiger partial charge is 0.327 e. The highest BCUT2D eigenvalue weighted by molar-refractivity contribution is 7.80. The third kappa shape index (κ3) is 3.34. The van der Waals surface area contributed by atoms with Crippen LogP contribution in [0, 0.1) is 0 Å². The molecule has 1 unspecified atom stereocenters. The highest BCUT2D eigenvalue weighted by atomic mass is 32.1. The van der Waals surface area contributed by atoms with E-state index in [0.717, 1.165) is 0 Å². The molecule has 0 bridgehead atoms. The maximum absolute atomic E-state index is 10.3. The summed E-state index contributed by atoms with van der Waals surface area (Å²) in [6.45, 7) is 1.25. The number of hydrogen-bond acceptors (Lipinski definition) is 2. The first kappa shape index (κ1) is 9.29. The van der Waals surface area contributed by atoms with Gasteiger partial charge in [-0.15, -0.1) is 0 Å². The van der Waals surface area contributed by atoms with E-state index >= 15 is 0 Å². The number of carboxylic acid groups (broad SMARTS) is 1. The Morgan fingerprint density at radius 3 is 2.30 bits per heavy atom. The molecule has 0 spiro atoms. The van der Waals surface area contributed by atoms with Crippen molar-refractivity contribution in [2.45, 2.75) is 13.0 Å². The largest absolute Gasteiger partial charge is 0.480 e. The van der Waals surface area contributed by atoms with Crippen molar-refractivity contribution in [1.82, 2.24) is 5.32 Å². The van der Waals surface area contributed by atoms with Crippen LogP contribution in [0.15, 0.2) is 0 Å². The van der Waals surface area contributed by atoms with Gasteiger partial charge in [-0.25, -0.2) is 4.79 Å². The van der Waals surface area contributed by atoms with Gasteiger partial charge in [-0.3, -0.25) is 4.79 Å². The highest BCUT2D eigenvalue weighted by Gasteiger charge is 2.15. The number of carbonyl (C=O) groups excluding carboxylic acids is 1. The molecule has 0 fully saturated rings. The molecule has 0 heterocycles. The van der Waals surface area contributed by atoms with Crippen LogP contribution in [-0.2, 0) is 9.59 Å². The molecule has 0 aromatic rings. The number of hydrogen-bond donors (Lipinski definition) is 2. The lowest BCUT2D eigenvalue weighted by molar-refractivity contribution is -0.140. The molecule has 10 heavy (non-hydrogen) atoms. The zero-order valence-electron chi connectivity index (χ0n) is 5.46. The molecule has 4 nitrogen and oxygen atoms in total. The van der Waals surface area contributed by atoms with E-state index in [4.69, 9.17) is 5.11 Å². The Morgan fingerprint density at radius 1 is 1.70 bits per heavy atom. The van der Waals surface area contributed by atoms with Crippen LogP contribution in [-0.4, -0.2) is 28.8 Å². The summed E-state index contributed by atoms with van der Waals surface area (Å²) in [5.41, 5.74) is 0. The Balaban J connectivity index is 3.83. The van der Waals surface area contributed by atoms with Crippen molar-refractivity contribution in [3.63, 3.8) is 0 Å². The van der Waals surface area contributed by atoms with E-state index in [-0.39, 0.29) is 11.7 Å². The fourth-order valence-corrected chi connectivity index (χ4v) is 0.646. The Morgan fingerprint density at radius 2 is 2.20 bits per heavy atom. The van der Waals surface area contributed by atoms with E-state index < -0.39 is 12.0 Å². The summed E-state index contributed by atoms with van der Waals surface area (Å²) in [5, 5.41) is 10.5. The van der Waals surface area contributed by atoms with Gasteiger partial charge in [0.05, 0.1) is 0 Å². The van der Waals surface area contributed by atoms with Gasteiger partial charge < -0.3 is 10.4 Å². The van der Waals surface area contributed by atoms with Crippen molar-refractivity contribution in [3.05, 3.63) is 0 Å². The molecule has 0 rings (SSSR count). The number of aliphatic carboxylic acids is 1. The first-order chi connectivity index (χ1) is 4.57. The molecule has 5 heteroatoms. The summed E-state index contributed by atoms with van der Waals surface area (Å²) in [5.74, 6) is -1.47. The van der Waals surface area contributed by atoms with Crippen LogP contribution < -0.4 is 5.32 Å². The summed E-state index contributed by atoms with van der Waals surface area (Å²) in [4.78, 5) is 20.5. The van der Waals surface area contributed by atoms with E-state index in [2.05, 4.69) is 17.9 Å². The molecular weight excluding hydrogens is 154 g/mol. The monoisotopic (exact) mass is 162 g/mol. The predicted molar refractivity (Wildman–Crippen MR) is 37.7 cm³/mol. The number of carbonyl (C=O) groups is 2. The van der Waals surface area contributed by atoms with Gasteiger partial charge in [0.1, 0.15) is 6.04 Å². The molecule has 0 aromatic carbocycles. The average molecular weight is 162 g/mol. The molecule has 1 atom stereocenters. The van der Waals surface area contributed by atoms with Crippen LogP contribution in [0.2, 0.25) is 0 Å². The van der Waals surface area contributed by atoms with Crippen molar-refractivity contribution < 1.29 is 14.7 Å². The van der Waals surface area contributed by atoms with Crippen molar-refractivity contribution >= 4 is 24.5 Å². The first-order valence-corrected chi connectivity index (χ1v) is 3.23. The van der Waals surface area contributed by atoms with Crippen LogP contribution in [0.25, 0.3) is 0 Å². The molecule has 0 saturated carbocycles. The Kier molecular flexibility index (Phi) is 3.87. The standard InChI is InChI=1S/C5H8NO3S/c1-3(7)6-4(2-10)5(8)9/h4H,2H2,1H3,(H,6,7)(H,8,9). The quantitative estimate of drug-likeness (QED) is 0.602. The maximum atomic E-state index is 10.3. The fraction of sp³-hybridized carbons (Fsp3) is 0.600. The third-order valence-electron chi connectivity index (χ3n) is 0.842. The van der Waals surface area contributed by atoms with Gasteiger partial charge in [-0.1, -0.05) is 12.6 Å². The molecule has 0 saturated heterocycles. The van der Waals surface area contributed by atoms with Gasteiger partial charge in [0.25, 0.3) is 0 Å². The summed E-state index contributed by atoms with van der Waals surface area (Å²) in [7, 11) is 0. The van der Waals surface area contributed by atoms with Crippen LogP contribution in [0.1, 0.15) is 6.92 Å². The number of rotatable bonds is 3. The number of carboxylic acids is 1. The van der Waals surface area contributed by atoms with Crippen molar-refractivity contribution in [2.75, 3.05) is 5.75 Å². The number of amides is 1. The highest BCUT2D eigenvalue weighted by Crippen LogP contribution is 1.86. The predicted octanol–water partition coefficient (Wildman–Crippen LogP) is -0.227. The second-order valence-electron chi connectivity index (χ2n) is 1.76. The van der Waals surface area contributed by atoms with Gasteiger partial charge in [-0.2, -0.15) is 0 Å². The van der Waals surface area contributed by atoms with Gasteiger partial charge in [0.15, 0.2) is 0 Å². The first-order valence-electron chi connectivity index (χ1n) is 2.66. The van der Waals surface area contributed by atoms with Gasteiger partial charge >= 0.3 is 5.97 Å². The molecule has 0 aliphatic carbocycles. The van der Waals surface area contributed by atoms with Crippen LogP contribution in [0.4, 0.5) is 0 Å². The molecule has 57 valence electrons. The van der Waals surface area contributed by atoms with E-state index in [1.165, 1.54) is 6.92 Å². The minimum atomic E-state index is -1.09. The van der Waals surface area contributed by atoms with E-state index in [0.29, 0.717) is 0 Å². The van der Waals surface area contributed by atoms with Crippen LogP contribution >= 0.6 is 12.6 Å². The molecule has 0 aromatic heterocycles. The second kappa shape index (κ2) is 4.16. The minimum absolute atomic E-state index is 0.00505. The zero-order chi connectivity index (χ0) is 8.15. The van der Waals surface area contributed by atoms with Gasteiger partial charge in [0.2, 0.25) is 5.91 Å². The van der Waals surface area contributed by atoms with Crippen molar-refractivity contribution in [3.8, 4) is 0 Å². The third-order valence-corrected chi connectivity index (χ3v) is 1.18. The van der Waals surface area contributed by atoms with Crippen molar-refractivity contribution in [1.29, 1.82) is 0 Å². The Hall–Kier alpha value is -0.710. The van der Waals surface area contributed by atoms with Crippen molar-refractivity contribution in [2.24, 2.45) is 0 Å². The Labute approximate surface area is 64.0 Å². The molecule has 1 amide bonds. The second-order valence-corrected chi connectivity index (χ2v) is 2.09.